The van der Waals surface area contributed by atoms with E-state index in [1.807, 2.05) is 110 Å². The third-order valence-corrected chi connectivity index (χ3v) is 19.9. The number of ether oxygens (including phenoxy) is 4. The van der Waals surface area contributed by atoms with Crippen LogP contribution in [0.15, 0.2) is 105 Å². The van der Waals surface area contributed by atoms with Gasteiger partial charge in [-0.1, -0.05) is 175 Å². The maximum absolute atomic E-state index is 13.3. The van der Waals surface area contributed by atoms with Gasteiger partial charge in [0, 0.05) is 66.4 Å². The van der Waals surface area contributed by atoms with Crippen molar-refractivity contribution < 1.29 is 56.2 Å². The molecule has 0 radical (unpaired) electrons. The van der Waals surface area contributed by atoms with E-state index in [-0.39, 0.29) is 33.2 Å². The Labute approximate surface area is 690 Å². The average molecular weight is 1710 g/mol. The number of aromatic hydroxyl groups is 2. The van der Waals surface area contributed by atoms with Gasteiger partial charge in [-0.05, 0) is 309 Å². The van der Waals surface area contributed by atoms with Crippen LogP contribution in [0.4, 0.5) is 9.59 Å². The molecule has 0 aliphatic heterocycles. The van der Waals surface area contributed by atoms with Gasteiger partial charge in [-0.3, -0.25) is 0 Å². The van der Waals surface area contributed by atoms with Gasteiger partial charge in [0.2, 0.25) is 0 Å². The summed E-state index contributed by atoms with van der Waals surface area (Å²) in [6.45, 7) is 68.9. The standard InChI is InChI=1S/C43H53O6P.C27H37Cl2O4P.C16H18O2.C6H15N.CH3I/c1-24-16-28(5)36-30(18-24)31-19-25(2)17-29(6)37(31)48-50(47-36)49-39-33(21-27(4)23-35(39)42(10,11)12)32-20-26(3)22-34(41(7,8)9)38(32)45-40(44)46-43(13,14)15;1-16-12-18(19-13-17(2)15-21(26(6,7)8)23(19)33-34(28)29)22(20(14-16)25(3,4)5)31-24(30)32-27(9,10)11;1-9-5-11(3)15(17)13(7-9)14-8-10(2)6-12(4)16(14)18;1-4-7(5-2)6-3;1-2/h16-23H,1-15H3;12-15H,1-11H3;5-8,17-18H,1-4H3;4-6H2,1-3H3;1H3. The molecule has 1 aromatic heterocycles. The number of phenolic OH excluding ortho intramolecular Hbond substituents is 2. The number of carbonyl (C=O) groups is 2. The van der Waals surface area contributed by atoms with E-state index in [4.69, 9.17) is 58.9 Å². The summed E-state index contributed by atoms with van der Waals surface area (Å²) in [5.41, 5.74) is 19.2. The molecule has 0 spiro atoms. The van der Waals surface area contributed by atoms with E-state index in [1.54, 1.807) is 20.8 Å². The molecule has 606 valence electrons. The van der Waals surface area contributed by atoms with E-state index in [0.29, 0.717) is 34.1 Å². The molecule has 111 heavy (non-hydrogen) atoms. The minimum Gasteiger partial charge on any atom is -0.507 e. The van der Waals surface area contributed by atoms with Crippen molar-refractivity contribution in [1.82, 2.24) is 4.90 Å². The first-order chi connectivity index (χ1) is 51.0. The molecule has 9 aromatic rings. The molecular weight excluding hydrogens is 1580 g/mol. The van der Waals surface area contributed by atoms with Gasteiger partial charge in [-0.15, -0.1) is 0 Å². The fourth-order valence-corrected chi connectivity index (χ4v) is 15.1. The number of aryl methyl sites for hydroxylation is 12. The summed E-state index contributed by atoms with van der Waals surface area (Å²) in [7, 11) is -1.99. The lowest BCUT2D eigenvalue weighted by Gasteiger charge is -2.29. The van der Waals surface area contributed by atoms with Crippen molar-refractivity contribution in [3.8, 4) is 67.9 Å². The number of carbonyl (C=O) groups excluding carboxylic acids is 2. The Balaban J connectivity index is 0.000000309. The van der Waals surface area contributed by atoms with Crippen LogP contribution < -0.4 is 18.5 Å². The number of hydrogen-bond donors (Lipinski definition) is 2. The second-order valence-electron chi connectivity index (χ2n) is 35.2. The van der Waals surface area contributed by atoms with Crippen LogP contribution in [0.5, 0.6) is 34.5 Å². The largest absolute Gasteiger partial charge is 0.514 e. The predicted octanol–water partition coefficient (Wildman–Crippen LogP) is 29.9. The molecule has 1 heterocycles. The highest BCUT2D eigenvalue weighted by Crippen LogP contribution is 2.56. The number of phenols is 2. The molecule has 9 rings (SSSR count). The first kappa shape index (κ1) is 94.7. The minimum absolute atomic E-state index is 0.237. The van der Waals surface area contributed by atoms with Crippen molar-refractivity contribution in [1.29, 1.82) is 0 Å². The van der Waals surface area contributed by atoms with Gasteiger partial charge < -0.3 is 51.5 Å². The van der Waals surface area contributed by atoms with Crippen molar-refractivity contribution in [3.63, 3.8) is 0 Å². The normalized spacial score (nSPS) is 11.9. The van der Waals surface area contributed by atoms with Gasteiger partial charge in [-0.2, -0.15) is 0 Å². The molecule has 0 saturated carbocycles. The topological polar surface area (TPSA) is 160 Å². The first-order valence-electron chi connectivity index (χ1n) is 38.1. The minimum atomic E-state index is -1.99. The third-order valence-electron chi connectivity index (χ3n) is 18.2. The van der Waals surface area contributed by atoms with Gasteiger partial charge in [-0.25, -0.2) is 9.59 Å². The first-order valence-corrected chi connectivity index (χ1v) is 44.4. The van der Waals surface area contributed by atoms with Crippen molar-refractivity contribution >= 4 is 94.4 Å². The summed E-state index contributed by atoms with van der Waals surface area (Å²) in [6.07, 6.45) is -1.52. The van der Waals surface area contributed by atoms with Crippen LogP contribution in [-0.4, -0.2) is 63.2 Å². The second kappa shape index (κ2) is 38.5. The highest BCUT2D eigenvalue weighted by Gasteiger charge is 2.34. The Morgan fingerprint density at radius 1 is 0.387 bits per heavy atom. The van der Waals surface area contributed by atoms with E-state index in [9.17, 15) is 19.8 Å². The van der Waals surface area contributed by atoms with Crippen LogP contribution in [0.3, 0.4) is 0 Å². The molecule has 8 aromatic carbocycles. The van der Waals surface area contributed by atoms with Crippen molar-refractivity contribution in [2.24, 2.45) is 0 Å². The molecule has 0 fully saturated rings. The molecule has 0 aliphatic carbocycles. The lowest BCUT2D eigenvalue weighted by atomic mass is 9.80. The number of benzene rings is 8. The van der Waals surface area contributed by atoms with Crippen molar-refractivity contribution in [3.05, 3.63) is 186 Å². The number of hydrogen-bond acceptors (Lipinski definition) is 13. The zero-order valence-electron chi connectivity index (χ0n) is 72.8. The van der Waals surface area contributed by atoms with Crippen LogP contribution >= 0.6 is 60.2 Å². The molecule has 13 nitrogen and oxygen atoms in total. The maximum Gasteiger partial charge on any atom is 0.514 e. The Bertz CT molecular complexity index is 4710. The monoisotopic (exact) mass is 1710 g/mol. The Morgan fingerprint density at radius 3 is 0.919 bits per heavy atom. The fourth-order valence-electron chi connectivity index (χ4n) is 13.1. The number of fused-ring (bicyclic) bond motifs is 3. The highest BCUT2D eigenvalue weighted by molar-refractivity contribution is 14.1. The molecule has 0 bridgehead atoms. The van der Waals surface area contributed by atoms with Gasteiger partial charge in [0.15, 0.2) is 0 Å². The highest BCUT2D eigenvalue weighted by atomic mass is 127. The van der Waals surface area contributed by atoms with E-state index in [0.717, 1.165) is 133 Å². The Morgan fingerprint density at radius 2 is 0.640 bits per heavy atom. The summed E-state index contributed by atoms with van der Waals surface area (Å²) in [5, 5.41) is 22.3. The summed E-state index contributed by atoms with van der Waals surface area (Å²) >= 11 is 14.5. The molecule has 0 saturated heterocycles. The smallest absolute Gasteiger partial charge is 0.507 e. The molecule has 0 aliphatic rings. The summed E-state index contributed by atoms with van der Waals surface area (Å²) in [5.74, 6) is 2.57. The molecule has 0 unspecified atom stereocenters. The zero-order valence-corrected chi connectivity index (χ0v) is 78.3. The van der Waals surface area contributed by atoms with Crippen molar-refractivity contribution in [2.45, 2.75) is 261 Å². The molecule has 0 amide bonds. The number of nitrogens with zero attached hydrogens (tertiary/aromatic N) is 1. The van der Waals surface area contributed by atoms with E-state index < -0.39 is 38.6 Å². The quantitative estimate of drug-likeness (QED) is 0.0392. The van der Waals surface area contributed by atoms with Crippen LogP contribution in [0.2, 0.25) is 0 Å². The molecular formula is C93H126Cl2INO12P2. The molecule has 18 heteroatoms. The van der Waals surface area contributed by atoms with Gasteiger partial charge in [0.05, 0.1) is 0 Å². The Kier molecular flexibility index (Phi) is 32.8. The Hall–Kier alpha value is -6.90. The second-order valence-corrected chi connectivity index (χ2v) is 39.1. The van der Waals surface area contributed by atoms with Crippen molar-refractivity contribution in [2.75, 3.05) is 24.6 Å². The fraction of sp³-hybridized carbons (Fsp3) is 0.462. The summed E-state index contributed by atoms with van der Waals surface area (Å²) < 4.78 is 50.0. The van der Waals surface area contributed by atoms with Crippen LogP contribution in [0, 0.1) is 83.1 Å². The predicted molar refractivity (Wildman–Crippen MR) is 479 cm³/mol. The lowest BCUT2D eigenvalue weighted by Crippen LogP contribution is -2.27. The zero-order chi connectivity index (χ0) is 84.5. The lowest BCUT2D eigenvalue weighted by molar-refractivity contribution is 0.0190. The number of alkyl halides is 1. The molecule has 0 atom stereocenters. The van der Waals surface area contributed by atoms with Crippen LogP contribution in [0.1, 0.15) is 234 Å². The number of rotatable bonds is 12. The van der Waals surface area contributed by atoms with E-state index in [1.165, 1.54) is 19.6 Å². The van der Waals surface area contributed by atoms with Gasteiger partial charge in [0.1, 0.15) is 56.9 Å². The van der Waals surface area contributed by atoms with Gasteiger partial charge in [0.25, 0.3) is 6.85 Å². The summed E-state index contributed by atoms with van der Waals surface area (Å²) in [4.78, 5) is 30.5. The third kappa shape index (κ3) is 26.1. The van der Waals surface area contributed by atoms with E-state index >= 15 is 0 Å². The van der Waals surface area contributed by atoms with Crippen LogP contribution in [0.25, 0.3) is 55.3 Å². The average Bonchev–Trinajstić information content (AvgIpc) is 1.63. The summed E-state index contributed by atoms with van der Waals surface area (Å²) in [6, 6.07) is 32.7. The van der Waals surface area contributed by atoms with E-state index in [2.05, 4.69) is 227 Å². The molecule has 2 N–H and O–H groups in total. The SMILES string of the molecule is CCN(CC)CC.CI.Cc1cc(-c2cc(C)cc(C(C)(C)C)c2OP(Cl)Cl)c(OC(=O)OC(C)(C)C)c(C(C)(C)C)c1.Cc1cc(-c2cc(C)cc(C(C)(C)C)c2Op2oc3c(C)cc(C)cc3c3cc(C)cc(C)c3o2)c(OC(=O)OC(C)(C)C)c(C(C)(C)C)c1.Cc1cc(C)c(O)c(-c2cc(C)cc(C)c2O)c1. The number of halogens is 3. The van der Waals surface area contributed by atoms with Crippen LogP contribution in [-0.2, 0) is 31.1 Å². The maximum atomic E-state index is 13.3. The van der Waals surface area contributed by atoms with Gasteiger partial charge >= 0.3 is 20.6 Å².